The molecular weight excluding hydrogens is 462 g/mol. The number of nitro groups is 1. The van der Waals surface area contributed by atoms with E-state index in [0.29, 0.717) is 16.9 Å². The summed E-state index contributed by atoms with van der Waals surface area (Å²) in [6, 6.07) is 17.4. The number of anilines is 1. The Morgan fingerprint density at radius 1 is 1.06 bits per heavy atom. The molecule has 3 N–H and O–H groups in total. The summed E-state index contributed by atoms with van der Waals surface area (Å²) in [5.74, 6) is -0.422. The number of nitrogens with one attached hydrogen (secondary N) is 2. The van der Waals surface area contributed by atoms with Crippen molar-refractivity contribution >= 4 is 38.3 Å². The van der Waals surface area contributed by atoms with Crippen molar-refractivity contribution in [2.75, 3.05) is 4.72 Å². The monoisotopic (exact) mass is 481 g/mol. The van der Waals surface area contributed by atoms with E-state index in [1.54, 1.807) is 6.92 Å². The molecule has 4 rings (SSSR count). The molecule has 10 nitrogen and oxygen atoms in total. The zero-order valence-corrected chi connectivity index (χ0v) is 18.6. The fourth-order valence-corrected chi connectivity index (χ4v) is 4.37. The van der Waals surface area contributed by atoms with Gasteiger partial charge in [0.15, 0.2) is 5.75 Å². The molecule has 1 atom stereocenters. The number of carbonyl (C=O) groups is 1. The maximum atomic E-state index is 12.6. The van der Waals surface area contributed by atoms with Crippen molar-refractivity contribution in [1.29, 1.82) is 0 Å². The van der Waals surface area contributed by atoms with Crippen LogP contribution in [0.15, 0.2) is 82.1 Å². The van der Waals surface area contributed by atoms with Crippen LogP contribution in [0.2, 0.25) is 0 Å². The summed E-state index contributed by atoms with van der Waals surface area (Å²) in [4.78, 5) is 22.3. The smallest absolute Gasteiger partial charge is 0.312 e. The van der Waals surface area contributed by atoms with Gasteiger partial charge in [0.2, 0.25) is 0 Å². The maximum Gasteiger partial charge on any atom is 0.312 e. The second-order valence-corrected chi connectivity index (χ2v) is 9.15. The molecule has 0 aliphatic rings. The lowest BCUT2D eigenvalue weighted by Crippen LogP contribution is -2.26. The zero-order valence-electron chi connectivity index (χ0n) is 17.8. The van der Waals surface area contributed by atoms with E-state index in [4.69, 9.17) is 4.42 Å². The average molecular weight is 481 g/mol. The number of rotatable bonds is 7. The van der Waals surface area contributed by atoms with Crippen molar-refractivity contribution in [3.8, 4) is 5.75 Å². The van der Waals surface area contributed by atoms with E-state index in [0.717, 1.165) is 23.6 Å². The molecule has 1 unspecified atom stereocenters. The van der Waals surface area contributed by atoms with Crippen LogP contribution in [0.3, 0.4) is 0 Å². The van der Waals surface area contributed by atoms with Gasteiger partial charge in [-0.2, -0.15) is 0 Å². The molecule has 1 aromatic heterocycles. The Labute approximate surface area is 194 Å². The topological polar surface area (TPSA) is 152 Å². The molecule has 0 aliphatic heterocycles. The number of nitro benzene ring substituents is 1. The molecule has 1 amide bonds. The maximum absolute atomic E-state index is 12.6. The number of para-hydroxylation sites is 1. The van der Waals surface area contributed by atoms with E-state index in [1.165, 1.54) is 24.3 Å². The Balaban J connectivity index is 1.45. The summed E-state index contributed by atoms with van der Waals surface area (Å²) in [6.45, 7) is 1.79. The molecule has 3 aromatic carbocycles. The van der Waals surface area contributed by atoms with Gasteiger partial charge in [-0.1, -0.05) is 18.2 Å². The summed E-state index contributed by atoms with van der Waals surface area (Å²) in [7, 11) is -4.17. The first-order chi connectivity index (χ1) is 16.1. The Hall–Kier alpha value is -4.38. The lowest BCUT2D eigenvalue weighted by Gasteiger charge is -2.12. The standard InChI is InChI=1S/C23H19N3O7S/c1-14(22-12-16-4-2-3-5-21(16)33-22)24-23(28)15-6-8-17(9-7-15)25-34(31,32)18-10-11-20(27)19(13-18)26(29)30/h2-14,25,27H,1H3,(H,24,28). The number of nitrogens with zero attached hydrogens (tertiary/aromatic N) is 1. The number of hydrogen-bond donors (Lipinski definition) is 3. The molecule has 0 fully saturated rings. The van der Waals surface area contributed by atoms with Gasteiger partial charge < -0.3 is 14.8 Å². The third-order valence-electron chi connectivity index (χ3n) is 5.07. The van der Waals surface area contributed by atoms with Crippen LogP contribution in [0.5, 0.6) is 5.75 Å². The normalized spacial score (nSPS) is 12.3. The molecule has 0 aliphatic carbocycles. The number of aromatic hydroxyl groups is 1. The number of phenolic OH excluding ortho intramolecular Hbond substituents is 1. The first-order valence-corrected chi connectivity index (χ1v) is 11.5. The molecule has 1 heterocycles. The number of sulfonamides is 1. The Morgan fingerprint density at radius 3 is 2.44 bits per heavy atom. The summed E-state index contributed by atoms with van der Waals surface area (Å²) in [6.07, 6.45) is 0. The van der Waals surface area contributed by atoms with Gasteiger partial charge in [0.05, 0.1) is 15.9 Å². The Bertz CT molecular complexity index is 1460. The highest BCUT2D eigenvalue weighted by Gasteiger charge is 2.22. The minimum Gasteiger partial charge on any atom is -0.502 e. The van der Waals surface area contributed by atoms with E-state index in [2.05, 4.69) is 10.0 Å². The first kappa shape index (κ1) is 22.8. The van der Waals surface area contributed by atoms with Gasteiger partial charge in [0, 0.05) is 22.7 Å². The number of hydrogen-bond acceptors (Lipinski definition) is 7. The highest BCUT2D eigenvalue weighted by molar-refractivity contribution is 7.92. The van der Waals surface area contributed by atoms with Crippen molar-refractivity contribution in [2.24, 2.45) is 0 Å². The van der Waals surface area contributed by atoms with Gasteiger partial charge in [-0.05, 0) is 55.5 Å². The Kier molecular flexibility index (Phi) is 5.95. The molecular formula is C23H19N3O7S. The molecule has 0 radical (unpaired) electrons. The average Bonchev–Trinajstić information content (AvgIpc) is 3.24. The highest BCUT2D eigenvalue weighted by Crippen LogP contribution is 2.29. The van der Waals surface area contributed by atoms with Crippen molar-refractivity contribution in [1.82, 2.24) is 5.32 Å². The van der Waals surface area contributed by atoms with Crippen LogP contribution >= 0.6 is 0 Å². The van der Waals surface area contributed by atoms with Gasteiger partial charge in [-0.15, -0.1) is 0 Å². The van der Waals surface area contributed by atoms with Crippen LogP contribution in [0, 0.1) is 10.1 Å². The largest absolute Gasteiger partial charge is 0.502 e. The minimum atomic E-state index is -4.17. The van der Waals surface area contributed by atoms with Gasteiger partial charge in [-0.3, -0.25) is 19.6 Å². The summed E-state index contributed by atoms with van der Waals surface area (Å²) in [5, 5.41) is 24.2. The van der Waals surface area contributed by atoms with Crippen molar-refractivity contribution in [3.05, 3.63) is 94.2 Å². The summed E-state index contributed by atoms with van der Waals surface area (Å²) in [5.41, 5.74) is 0.437. The SMILES string of the molecule is CC(NC(=O)c1ccc(NS(=O)(=O)c2ccc(O)c([N+](=O)[O-])c2)cc1)c1cc2ccccc2o1. The van der Waals surface area contributed by atoms with Crippen LogP contribution in [0.1, 0.15) is 29.1 Å². The van der Waals surface area contributed by atoms with Gasteiger partial charge >= 0.3 is 5.69 Å². The van der Waals surface area contributed by atoms with Gasteiger partial charge in [-0.25, -0.2) is 8.42 Å². The van der Waals surface area contributed by atoms with E-state index in [-0.39, 0.29) is 11.6 Å². The zero-order chi connectivity index (χ0) is 24.5. The van der Waals surface area contributed by atoms with E-state index < -0.39 is 37.3 Å². The minimum absolute atomic E-state index is 0.151. The third-order valence-corrected chi connectivity index (χ3v) is 6.45. The fraction of sp³-hybridized carbons (Fsp3) is 0.0870. The number of phenols is 1. The molecule has 0 bridgehead atoms. The second kappa shape index (κ2) is 8.87. The lowest BCUT2D eigenvalue weighted by molar-refractivity contribution is -0.386. The highest BCUT2D eigenvalue weighted by atomic mass is 32.2. The van der Waals surface area contributed by atoms with Crippen molar-refractivity contribution in [2.45, 2.75) is 17.9 Å². The quantitative estimate of drug-likeness (QED) is 0.262. The number of benzene rings is 3. The van der Waals surface area contributed by atoms with Crippen LogP contribution in [-0.2, 0) is 10.0 Å². The number of fused-ring (bicyclic) bond motifs is 1. The number of amides is 1. The summed E-state index contributed by atoms with van der Waals surface area (Å²) >= 11 is 0. The number of carbonyl (C=O) groups excluding carboxylic acids is 1. The third kappa shape index (κ3) is 4.69. The summed E-state index contributed by atoms with van der Waals surface area (Å²) < 4.78 is 33.2. The first-order valence-electron chi connectivity index (χ1n) is 10.0. The van der Waals surface area contributed by atoms with Gasteiger partial charge in [0.25, 0.3) is 15.9 Å². The lowest BCUT2D eigenvalue weighted by atomic mass is 10.1. The molecule has 0 saturated carbocycles. The van der Waals surface area contributed by atoms with E-state index in [1.807, 2.05) is 30.3 Å². The Morgan fingerprint density at radius 2 is 1.76 bits per heavy atom. The molecule has 174 valence electrons. The molecule has 0 spiro atoms. The molecule has 0 saturated heterocycles. The van der Waals surface area contributed by atoms with E-state index >= 15 is 0 Å². The van der Waals surface area contributed by atoms with Crippen LogP contribution in [0.4, 0.5) is 11.4 Å². The fourth-order valence-electron chi connectivity index (χ4n) is 3.29. The van der Waals surface area contributed by atoms with Crippen molar-refractivity contribution in [3.63, 3.8) is 0 Å². The molecule has 4 aromatic rings. The molecule has 11 heteroatoms. The molecule has 34 heavy (non-hydrogen) atoms. The van der Waals surface area contributed by atoms with Gasteiger partial charge in [0.1, 0.15) is 11.3 Å². The predicted molar refractivity (Wildman–Crippen MR) is 124 cm³/mol. The van der Waals surface area contributed by atoms with Crippen LogP contribution in [-0.4, -0.2) is 24.4 Å². The van der Waals surface area contributed by atoms with Crippen molar-refractivity contribution < 1.29 is 27.7 Å². The van der Waals surface area contributed by atoms with Crippen LogP contribution < -0.4 is 10.0 Å². The second-order valence-electron chi connectivity index (χ2n) is 7.47. The predicted octanol–water partition coefficient (Wildman–Crippen LogP) is 4.34. The van der Waals surface area contributed by atoms with E-state index in [9.17, 15) is 28.4 Å². The van der Waals surface area contributed by atoms with Crippen LogP contribution in [0.25, 0.3) is 11.0 Å². The number of furan rings is 1.